The highest BCUT2D eigenvalue weighted by Gasteiger charge is 2.31. The molecule has 2 aromatic carbocycles. The maximum Gasteiger partial charge on any atom is 0.573 e. The second-order valence-corrected chi connectivity index (χ2v) is 6.68. The molecule has 1 N–H and O–H groups in total. The molecule has 0 amide bonds. The van der Waals surface area contributed by atoms with Gasteiger partial charge in [0.05, 0.1) is 5.69 Å². The molecule has 12 heteroatoms. The van der Waals surface area contributed by atoms with Gasteiger partial charge in [0.1, 0.15) is 17.9 Å². The van der Waals surface area contributed by atoms with Crippen LogP contribution in [-0.2, 0) is 17.7 Å². The van der Waals surface area contributed by atoms with E-state index in [9.17, 15) is 26.7 Å². The summed E-state index contributed by atoms with van der Waals surface area (Å²) in [6, 6.07) is 11.5. The molecule has 0 spiro atoms. The van der Waals surface area contributed by atoms with E-state index < -0.39 is 17.6 Å². The lowest BCUT2D eigenvalue weighted by atomic mass is 10.1. The van der Waals surface area contributed by atoms with Crippen LogP contribution in [0.4, 0.5) is 13.2 Å². The average Bonchev–Trinajstić information content (AvgIpc) is 3.11. The SMILES string of the molecule is O=Cc1ccc(-c2nc(CCNS(=O)[O-])n(-c3ccc(OC(F)(F)F)cc3)n2)cc1. The standard InChI is InChI=1S/C18H15F3N4O4S/c19-18(20,21)29-15-7-5-14(6-8-15)25-16(9-10-22-30(27)28)23-17(24-25)13-3-1-12(11-26)2-4-13/h1-8,11,22H,9-10H2,(H,27,28)/p-1. The van der Waals surface area contributed by atoms with Crippen LogP contribution in [0.2, 0.25) is 0 Å². The van der Waals surface area contributed by atoms with Crippen LogP contribution in [0.5, 0.6) is 5.75 Å². The second-order valence-electron chi connectivity index (χ2n) is 5.92. The second kappa shape index (κ2) is 9.15. The van der Waals surface area contributed by atoms with Gasteiger partial charge in [-0.2, -0.15) is 0 Å². The number of aromatic nitrogens is 3. The Labute approximate surface area is 171 Å². The zero-order valence-electron chi connectivity index (χ0n) is 15.1. The van der Waals surface area contributed by atoms with Crippen molar-refractivity contribution >= 4 is 17.6 Å². The van der Waals surface area contributed by atoms with Crippen molar-refractivity contribution in [3.05, 3.63) is 59.9 Å². The molecule has 3 rings (SSSR count). The molecule has 0 aliphatic heterocycles. The molecule has 0 radical (unpaired) electrons. The number of hydrogen-bond donors (Lipinski definition) is 1. The van der Waals surface area contributed by atoms with Crippen LogP contribution in [0.3, 0.4) is 0 Å². The normalized spacial score (nSPS) is 12.5. The number of aldehydes is 1. The summed E-state index contributed by atoms with van der Waals surface area (Å²) in [7, 11) is 0. The van der Waals surface area contributed by atoms with E-state index in [1.165, 1.54) is 16.8 Å². The molecule has 30 heavy (non-hydrogen) atoms. The predicted octanol–water partition coefficient (Wildman–Crippen LogP) is 2.57. The van der Waals surface area contributed by atoms with Gasteiger partial charge in [-0.1, -0.05) is 24.3 Å². The van der Waals surface area contributed by atoms with Crippen molar-refractivity contribution in [1.82, 2.24) is 19.5 Å². The minimum absolute atomic E-state index is 0.0492. The average molecular weight is 439 g/mol. The van der Waals surface area contributed by atoms with E-state index in [2.05, 4.69) is 19.5 Å². The molecule has 1 atom stereocenters. The van der Waals surface area contributed by atoms with Gasteiger partial charge < -0.3 is 9.29 Å². The first-order valence-electron chi connectivity index (χ1n) is 8.45. The maximum atomic E-state index is 12.3. The summed E-state index contributed by atoms with van der Waals surface area (Å²) >= 11 is -2.45. The van der Waals surface area contributed by atoms with Gasteiger partial charge in [-0.25, -0.2) is 14.4 Å². The molecular weight excluding hydrogens is 425 g/mol. The van der Waals surface area contributed by atoms with Gasteiger partial charge in [0, 0.05) is 35.4 Å². The molecule has 1 aromatic heterocycles. The quantitative estimate of drug-likeness (QED) is 0.427. The van der Waals surface area contributed by atoms with Crippen LogP contribution in [0, 0.1) is 0 Å². The van der Waals surface area contributed by atoms with Gasteiger partial charge in [0.2, 0.25) is 0 Å². The van der Waals surface area contributed by atoms with Crippen molar-refractivity contribution in [2.24, 2.45) is 0 Å². The highest BCUT2D eigenvalue weighted by Crippen LogP contribution is 2.25. The number of benzene rings is 2. The van der Waals surface area contributed by atoms with Crippen LogP contribution < -0.4 is 9.46 Å². The van der Waals surface area contributed by atoms with E-state index in [-0.39, 0.29) is 18.7 Å². The first-order chi connectivity index (χ1) is 14.2. The lowest BCUT2D eigenvalue weighted by Gasteiger charge is -2.10. The molecule has 8 nitrogen and oxygen atoms in total. The Morgan fingerprint density at radius 2 is 1.80 bits per heavy atom. The molecule has 0 bridgehead atoms. The van der Waals surface area contributed by atoms with Crippen LogP contribution in [0.25, 0.3) is 17.1 Å². The number of carbonyl (C=O) groups excluding carboxylic acids is 1. The number of hydrogen-bond acceptors (Lipinski definition) is 6. The zero-order valence-corrected chi connectivity index (χ0v) is 15.9. The lowest BCUT2D eigenvalue weighted by Crippen LogP contribution is -2.21. The Balaban J connectivity index is 1.92. The van der Waals surface area contributed by atoms with E-state index in [0.29, 0.717) is 34.7 Å². The summed E-state index contributed by atoms with van der Waals surface area (Å²) in [6.45, 7) is 0.0492. The monoisotopic (exact) mass is 439 g/mol. The highest BCUT2D eigenvalue weighted by molar-refractivity contribution is 7.77. The fourth-order valence-corrected chi connectivity index (χ4v) is 2.85. The van der Waals surface area contributed by atoms with Crippen LogP contribution in [0.1, 0.15) is 16.2 Å². The van der Waals surface area contributed by atoms with Crippen LogP contribution >= 0.6 is 0 Å². The Kier molecular flexibility index (Phi) is 6.59. The van der Waals surface area contributed by atoms with E-state index in [1.54, 1.807) is 24.3 Å². The van der Waals surface area contributed by atoms with Gasteiger partial charge in [0.15, 0.2) is 5.82 Å². The number of rotatable bonds is 8. The molecule has 0 fully saturated rings. The molecular formula is C18H14F3N4O4S-. The molecule has 1 heterocycles. The number of halogens is 3. The number of ether oxygens (including phenoxy) is 1. The minimum Gasteiger partial charge on any atom is -0.760 e. The van der Waals surface area contributed by atoms with Gasteiger partial charge in [-0.15, -0.1) is 18.3 Å². The lowest BCUT2D eigenvalue weighted by molar-refractivity contribution is -0.274. The van der Waals surface area contributed by atoms with Crippen molar-refractivity contribution in [2.45, 2.75) is 12.8 Å². The third-order valence-electron chi connectivity index (χ3n) is 3.86. The summed E-state index contributed by atoms with van der Waals surface area (Å²) in [5.41, 5.74) is 1.49. The molecule has 1 unspecified atom stereocenters. The smallest absolute Gasteiger partial charge is 0.573 e. The van der Waals surface area contributed by atoms with E-state index >= 15 is 0 Å². The third-order valence-corrected chi connectivity index (χ3v) is 4.30. The fraction of sp³-hybridized carbons (Fsp3) is 0.167. The summed E-state index contributed by atoms with van der Waals surface area (Å²) in [6.07, 6.45) is -3.94. The van der Waals surface area contributed by atoms with Gasteiger partial charge in [-0.3, -0.25) is 9.00 Å². The molecule has 0 saturated carbocycles. The molecule has 0 aliphatic carbocycles. The minimum atomic E-state index is -4.81. The van der Waals surface area contributed by atoms with E-state index in [1.807, 2.05) is 0 Å². The first kappa shape index (κ1) is 21.6. The maximum absolute atomic E-state index is 12.3. The predicted molar refractivity (Wildman–Crippen MR) is 99.5 cm³/mol. The van der Waals surface area contributed by atoms with Crippen molar-refractivity contribution in [1.29, 1.82) is 0 Å². The van der Waals surface area contributed by atoms with Gasteiger partial charge in [0.25, 0.3) is 0 Å². The Hall–Kier alpha value is -3.09. The molecule has 158 valence electrons. The number of carbonyl (C=O) groups is 1. The van der Waals surface area contributed by atoms with Crippen molar-refractivity contribution < 1.29 is 31.5 Å². The first-order valence-corrected chi connectivity index (χ1v) is 9.53. The van der Waals surface area contributed by atoms with Crippen molar-refractivity contribution in [2.75, 3.05) is 6.54 Å². The van der Waals surface area contributed by atoms with E-state index in [0.717, 1.165) is 12.1 Å². The van der Waals surface area contributed by atoms with Crippen molar-refractivity contribution in [3.63, 3.8) is 0 Å². The molecule has 3 aromatic rings. The Morgan fingerprint density at radius 3 is 2.37 bits per heavy atom. The van der Waals surface area contributed by atoms with Crippen molar-refractivity contribution in [3.8, 4) is 22.8 Å². The highest BCUT2D eigenvalue weighted by atomic mass is 32.2. The van der Waals surface area contributed by atoms with Crippen LogP contribution in [0.15, 0.2) is 48.5 Å². The Bertz CT molecular complexity index is 1040. The third kappa shape index (κ3) is 5.72. The van der Waals surface area contributed by atoms with Gasteiger partial charge >= 0.3 is 6.36 Å². The summed E-state index contributed by atoms with van der Waals surface area (Å²) in [4.78, 5) is 15.2. The summed E-state index contributed by atoms with van der Waals surface area (Å²) in [5.74, 6) is 0.300. The van der Waals surface area contributed by atoms with Gasteiger partial charge in [-0.05, 0) is 24.3 Å². The number of nitrogens with zero attached hydrogens (tertiary/aromatic N) is 3. The Morgan fingerprint density at radius 1 is 1.13 bits per heavy atom. The zero-order chi connectivity index (χ0) is 21.7. The summed E-state index contributed by atoms with van der Waals surface area (Å²) < 4.78 is 65.9. The van der Waals surface area contributed by atoms with E-state index in [4.69, 9.17) is 0 Å². The summed E-state index contributed by atoms with van der Waals surface area (Å²) in [5, 5.41) is 4.38. The largest absolute Gasteiger partial charge is 0.760 e. The molecule has 0 aliphatic rings. The number of alkyl halides is 3. The number of nitrogens with one attached hydrogen (secondary N) is 1. The van der Waals surface area contributed by atoms with Crippen LogP contribution in [-0.4, -0.2) is 42.7 Å². The topological polar surface area (TPSA) is 109 Å². The molecule has 0 saturated heterocycles. The fourth-order valence-electron chi connectivity index (χ4n) is 2.58.